The van der Waals surface area contributed by atoms with E-state index in [1.54, 1.807) is 30.3 Å². The fourth-order valence-corrected chi connectivity index (χ4v) is 2.06. The van der Waals surface area contributed by atoms with Crippen molar-refractivity contribution in [3.8, 4) is 0 Å². The molecule has 0 unspecified atom stereocenters. The van der Waals surface area contributed by atoms with Crippen LogP contribution in [-0.2, 0) is 6.54 Å². The molecule has 2 aromatic rings. The molecule has 0 aliphatic carbocycles. The molecule has 7 heteroatoms. The minimum atomic E-state index is -0.272. The standard InChI is InChI=1S/C17H22FN5O/c1-23(2)11-5-10-19-17(24)15-8-9-16(22-21-15)20-12-13-6-3-4-7-14(13)18/h3-4,6-9H,5,10-12H2,1-2H3,(H,19,24)(H,20,22). The number of hydrogen-bond donors (Lipinski definition) is 2. The number of amides is 1. The molecule has 6 nitrogen and oxygen atoms in total. The Morgan fingerprint density at radius 2 is 1.96 bits per heavy atom. The zero-order chi connectivity index (χ0) is 17.4. The van der Waals surface area contributed by atoms with Crippen molar-refractivity contribution in [1.29, 1.82) is 0 Å². The molecule has 0 spiro atoms. The highest BCUT2D eigenvalue weighted by molar-refractivity contribution is 5.92. The molecular formula is C17H22FN5O. The first-order chi connectivity index (χ1) is 11.6. The molecule has 2 N–H and O–H groups in total. The summed E-state index contributed by atoms with van der Waals surface area (Å²) in [4.78, 5) is 14.0. The van der Waals surface area contributed by atoms with Crippen LogP contribution in [0, 0.1) is 5.82 Å². The molecule has 1 aromatic heterocycles. The Kier molecular flexibility index (Phi) is 6.62. The van der Waals surface area contributed by atoms with Gasteiger partial charge in [-0.05, 0) is 45.3 Å². The minimum absolute atomic E-state index is 0.248. The lowest BCUT2D eigenvalue weighted by molar-refractivity contribution is 0.0946. The smallest absolute Gasteiger partial charge is 0.271 e. The van der Waals surface area contributed by atoms with Crippen molar-refractivity contribution in [2.24, 2.45) is 0 Å². The van der Waals surface area contributed by atoms with Gasteiger partial charge in [-0.1, -0.05) is 18.2 Å². The summed E-state index contributed by atoms with van der Waals surface area (Å²) < 4.78 is 13.5. The molecule has 0 fully saturated rings. The van der Waals surface area contributed by atoms with Crippen molar-refractivity contribution in [1.82, 2.24) is 20.4 Å². The van der Waals surface area contributed by atoms with Crippen LogP contribution in [0.1, 0.15) is 22.5 Å². The first kappa shape index (κ1) is 17.8. The minimum Gasteiger partial charge on any atom is -0.364 e. The van der Waals surface area contributed by atoms with Gasteiger partial charge in [-0.25, -0.2) is 4.39 Å². The molecular weight excluding hydrogens is 309 g/mol. The Labute approximate surface area is 141 Å². The van der Waals surface area contributed by atoms with Gasteiger partial charge in [-0.2, -0.15) is 0 Å². The van der Waals surface area contributed by atoms with Crippen molar-refractivity contribution in [3.63, 3.8) is 0 Å². The molecule has 0 bridgehead atoms. The molecule has 0 saturated carbocycles. The molecule has 0 radical (unpaired) electrons. The van der Waals surface area contributed by atoms with Gasteiger partial charge in [0.2, 0.25) is 0 Å². The van der Waals surface area contributed by atoms with Crippen molar-refractivity contribution in [3.05, 3.63) is 53.5 Å². The molecule has 2 rings (SSSR count). The summed E-state index contributed by atoms with van der Waals surface area (Å²) in [5, 5.41) is 13.6. The summed E-state index contributed by atoms with van der Waals surface area (Å²) in [5.41, 5.74) is 0.804. The van der Waals surface area contributed by atoms with E-state index in [2.05, 4.69) is 25.7 Å². The summed E-state index contributed by atoms with van der Waals surface area (Å²) >= 11 is 0. The summed E-state index contributed by atoms with van der Waals surface area (Å²) in [6.07, 6.45) is 0.869. The zero-order valence-corrected chi connectivity index (χ0v) is 13.9. The highest BCUT2D eigenvalue weighted by Crippen LogP contribution is 2.09. The number of aromatic nitrogens is 2. The van der Waals surface area contributed by atoms with E-state index in [9.17, 15) is 9.18 Å². The second-order valence-corrected chi connectivity index (χ2v) is 5.66. The molecule has 1 heterocycles. The number of hydrogen-bond acceptors (Lipinski definition) is 5. The van der Waals surface area contributed by atoms with Crippen LogP contribution in [0.3, 0.4) is 0 Å². The van der Waals surface area contributed by atoms with Gasteiger partial charge >= 0.3 is 0 Å². The molecule has 0 atom stereocenters. The van der Waals surface area contributed by atoms with E-state index in [0.717, 1.165) is 13.0 Å². The number of carbonyl (C=O) groups is 1. The molecule has 0 aliphatic rings. The number of benzene rings is 1. The summed E-state index contributed by atoms with van der Waals surface area (Å²) in [7, 11) is 3.97. The Hall–Kier alpha value is -2.54. The van der Waals surface area contributed by atoms with E-state index in [1.807, 2.05) is 14.1 Å². The first-order valence-electron chi connectivity index (χ1n) is 7.80. The topological polar surface area (TPSA) is 70.2 Å². The largest absolute Gasteiger partial charge is 0.364 e. The van der Waals surface area contributed by atoms with Gasteiger partial charge < -0.3 is 15.5 Å². The third kappa shape index (κ3) is 5.58. The van der Waals surface area contributed by atoms with Crippen LogP contribution in [0.2, 0.25) is 0 Å². The lowest BCUT2D eigenvalue weighted by Crippen LogP contribution is -2.28. The third-order valence-electron chi connectivity index (χ3n) is 3.38. The Morgan fingerprint density at radius 1 is 1.17 bits per heavy atom. The van der Waals surface area contributed by atoms with Crippen molar-refractivity contribution < 1.29 is 9.18 Å². The zero-order valence-electron chi connectivity index (χ0n) is 13.9. The Balaban J connectivity index is 1.82. The predicted octanol–water partition coefficient (Wildman–Crippen LogP) is 1.91. The highest BCUT2D eigenvalue weighted by atomic mass is 19.1. The maximum Gasteiger partial charge on any atom is 0.271 e. The maximum atomic E-state index is 13.5. The third-order valence-corrected chi connectivity index (χ3v) is 3.38. The molecule has 0 aliphatic heterocycles. The fraction of sp³-hybridized carbons (Fsp3) is 0.353. The fourth-order valence-electron chi connectivity index (χ4n) is 2.06. The number of halogens is 1. The second-order valence-electron chi connectivity index (χ2n) is 5.66. The summed E-state index contributed by atoms with van der Waals surface area (Å²) in [6, 6.07) is 9.78. The average molecular weight is 331 g/mol. The molecule has 24 heavy (non-hydrogen) atoms. The first-order valence-corrected chi connectivity index (χ1v) is 7.80. The SMILES string of the molecule is CN(C)CCCNC(=O)c1ccc(NCc2ccccc2F)nn1. The van der Waals surface area contributed by atoms with E-state index < -0.39 is 0 Å². The Bertz CT molecular complexity index is 660. The van der Waals surface area contributed by atoms with Crippen LogP contribution in [0.15, 0.2) is 36.4 Å². The molecule has 1 aromatic carbocycles. The van der Waals surface area contributed by atoms with Gasteiger partial charge in [-0.15, -0.1) is 10.2 Å². The quantitative estimate of drug-likeness (QED) is 0.723. The van der Waals surface area contributed by atoms with Crippen LogP contribution in [-0.4, -0.2) is 48.2 Å². The van der Waals surface area contributed by atoms with Crippen LogP contribution in [0.4, 0.5) is 10.2 Å². The van der Waals surface area contributed by atoms with E-state index >= 15 is 0 Å². The number of anilines is 1. The van der Waals surface area contributed by atoms with E-state index in [1.165, 1.54) is 6.07 Å². The number of carbonyl (C=O) groups excluding carboxylic acids is 1. The van der Waals surface area contributed by atoms with Crippen LogP contribution >= 0.6 is 0 Å². The van der Waals surface area contributed by atoms with Crippen molar-refractivity contribution >= 4 is 11.7 Å². The Morgan fingerprint density at radius 3 is 2.62 bits per heavy atom. The van der Waals surface area contributed by atoms with Gasteiger partial charge in [0.05, 0.1) is 0 Å². The van der Waals surface area contributed by atoms with Gasteiger partial charge in [0.25, 0.3) is 5.91 Å². The highest BCUT2D eigenvalue weighted by Gasteiger charge is 2.08. The number of nitrogens with one attached hydrogen (secondary N) is 2. The molecule has 1 amide bonds. The van der Waals surface area contributed by atoms with Crippen LogP contribution in [0.5, 0.6) is 0 Å². The van der Waals surface area contributed by atoms with E-state index in [0.29, 0.717) is 24.5 Å². The summed E-state index contributed by atoms with van der Waals surface area (Å²) in [5.74, 6) is -0.0315. The maximum absolute atomic E-state index is 13.5. The van der Waals surface area contributed by atoms with E-state index in [-0.39, 0.29) is 17.4 Å². The normalized spacial score (nSPS) is 10.7. The van der Waals surface area contributed by atoms with Crippen LogP contribution < -0.4 is 10.6 Å². The van der Waals surface area contributed by atoms with E-state index in [4.69, 9.17) is 0 Å². The lowest BCUT2D eigenvalue weighted by atomic mass is 10.2. The van der Waals surface area contributed by atoms with Crippen molar-refractivity contribution in [2.75, 3.05) is 32.5 Å². The van der Waals surface area contributed by atoms with Gasteiger partial charge in [0.15, 0.2) is 5.69 Å². The number of nitrogens with zero attached hydrogens (tertiary/aromatic N) is 3. The predicted molar refractivity (Wildman–Crippen MR) is 91.3 cm³/mol. The lowest BCUT2D eigenvalue weighted by Gasteiger charge is -2.10. The molecule has 128 valence electrons. The van der Waals surface area contributed by atoms with Gasteiger partial charge in [0, 0.05) is 18.7 Å². The van der Waals surface area contributed by atoms with Gasteiger partial charge in [-0.3, -0.25) is 4.79 Å². The second kappa shape index (κ2) is 8.93. The van der Waals surface area contributed by atoms with Gasteiger partial charge in [0.1, 0.15) is 11.6 Å². The summed E-state index contributed by atoms with van der Waals surface area (Å²) in [6.45, 7) is 1.80. The van der Waals surface area contributed by atoms with Crippen molar-refractivity contribution in [2.45, 2.75) is 13.0 Å². The monoisotopic (exact) mass is 331 g/mol. The molecule has 0 saturated heterocycles. The van der Waals surface area contributed by atoms with Crippen LogP contribution in [0.25, 0.3) is 0 Å². The average Bonchev–Trinajstić information content (AvgIpc) is 2.58. The number of rotatable bonds is 8.